The van der Waals surface area contributed by atoms with Crippen molar-refractivity contribution in [2.24, 2.45) is 5.41 Å². The Bertz CT molecular complexity index is 388. The molecule has 1 aromatic heterocycles. The van der Waals surface area contributed by atoms with E-state index >= 15 is 0 Å². The van der Waals surface area contributed by atoms with Crippen LogP contribution < -0.4 is 0 Å². The SMILES string of the molecule is CC(C)c1nc2c(o1)C=CC(C)(C)C=C2. The molecule has 0 aliphatic heterocycles. The lowest BCUT2D eigenvalue weighted by molar-refractivity contribution is 0.464. The Morgan fingerprint density at radius 1 is 1.20 bits per heavy atom. The average molecular weight is 203 g/mol. The highest BCUT2D eigenvalue weighted by Crippen LogP contribution is 2.29. The zero-order valence-corrected chi connectivity index (χ0v) is 9.74. The Morgan fingerprint density at radius 2 is 1.87 bits per heavy atom. The van der Waals surface area contributed by atoms with Crippen molar-refractivity contribution in [1.29, 1.82) is 0 Å². The Kier molecular flexibility index (Phi) is 2.29. The van der Waals surface area contributed by atoms with E-state index in [2.05, 4.69) is 44.8 Å². The van der Waals surface area contributed by atoms with Crippen LogP contribution in [0.5, 0.6) is 0 Å². The van der Waals surface area contributed by atoms with Gasteiger partial charge in [-0.1, -0.05) is 39.8 Å². The quantitative estimate of drug-likeness (QED) is 0.692. The summed E-state index contributed by atoms with van der Waals surface area (Å²) in [5.41, 5.74) is 1.03. The van der Waals surface area contributed by atoms with E-state index < -0.39 is 0 Å². The fourth-order valence-corrected chi connectivity index (χ4v) is 1.49. The average Bonchev–Trinajstić information content (AvgIpc) is 2.50. The standard InChI is InChI=1S/C13H17NO/c1-9(2)12-14-10-5-7-13(3,4)8-6-11(10)15-12/h5-9H,1-4H3. The van der Waals surface area contributed by atoms with Gasteiger partial charge in [-0.2, -0.15) is 0 Å². The summed E-state index contributed by atoms with van der Waals surface area (Å²) in [6.45, 7) is 8.50. The van der Waals surface area contributed by atoms with Gasteiger partial charge in [-0.15, -0.1) is 0 Å². The molecule has 0 N–H and O–H groups in total. The predicted molar refractivity (Wildman–Crippen MR) is 62.4 cm³/mol. The molecule has 0 aromatic carbocycles. The van der Waals surface area contributed by atoms with Gasteiger partial charge in [-0.05, 0) is 12.2 Å². The molecule has 0 spiro atoms. The molecule has 1 heterocycles. The first-order valence-electron chi connectivity index (χ1n) is 5.37. The molecular weight excluding hydrogens is 186 g/mol. The molecule has 0 atom stereocenters. The van der Waals surface area contributed by atoms with Crippen LogP contribution in [0.2, 0.25) is 0 Å². The molecular formula is C13H17NO. The number of fused-ring (bicyclic) bond motifs is 1. The van der Waals surface area contributed by atoms with Gasteiger partial charge < -0.3 is 4.42 Å². The minimum absolute atomic E-state index is 0.0845. The predicted octanol–water partition coefficient (Wildman–Crippen LogP) is 3.86. The molecule has 0 unspecified atom stereocenters. The van der Waals surface area contributed by atoms with E-state index in [4.69, 9.17) is 4.42 Å². The fraction of sp³-hybridized carbons (Fsp3) is 0.462. The van der Waals surface area contributed by atoms with Crippen molar-refractivity contribution in [3.8, 4) is 0 Å². The summed E-state index contributed by atoms with van der Waals surface area (Å²) in [6, 6.07) is 0. The number of hydrogen-bond acceptors (Lipinski definition) is 2. The first kappa shape index (κ1) is 10.2. The molecule has 0 amide bonds. The van der Waals surface area contributed by atoms with Crippen LogP contribution in [0.4, 0.5) is 0 Å². The van der Waals surface area contributed by atoms with Crippen LogP contribution in [-0.2, 0) is 0 Å². The second kappa shape index (κ2) is 3.37. The summed E-state index contributed by atoms with van der Waals surface area (Å²) >= 11 is 0. The van der Waals surface area contributed by atoms with Crippen LogP contribution in [0.3, 0.4) is 0 Å². The molecule has 0 saturated carbocycles. The smallest absolute Gasteiger partial charge is 0.198 e. The van der Waals surface area contributed by atoms with E-state index in [0.717, 1.165) is 17.3 Å². The Hall–Kier alpha value is -1.31. The van der Waals surface area contributed by atoms with Crippen LogP contribution in [-0.4, -0.2) is 4.98 Å². The first-order chi connectivity index (χ1) is 6.98. The maximum Gasteiger partial charge on any atom is 0.198 e. The molecule has 1 aliphatic rings. The van der Waals surface area contributed by atoms with Gasteiger partial charge in [0.2, 0.25) is 0 Å². The summed E-state index contributed by atoms with van der Waals surface area (Å²) in [6.07, 6.45) is 8.37. The molecule has 1 aliphatic carbocycles. The van der Waals surface area contributed by atoms with Crippen molar-refractivity contribution in [3.05, 3.63) is 29.5 Å². The van der Waals surface area contributed by atoms with E-state index in [1.54, 1.807) is 0 Å². The lowest BCUT2D eigenvalue weighted by atomic mass is 9.93. The van der Waals surface area contributed by atoms with Gasteiger partial charge in [0.15, 0.2) is 11.7 Å². The Labute approximate surface area is 90.7 Å². The molecule has 0 fully saturated rings. The van der Waals surface area contributed by atoms with Gasteiger partial charge in [-0.3, -0.25) is 0 Å². The largest absolute Gasteiger partial charge is 0.440 e. The third-order valence-corrected chi connectivity index (χ3v) is 2.53. The zero-order chi connectivity index (χ0) is 11.1. The van der Waals surface area contributed by atoms with Gasteiger partial charge in [0.05, 0.1) is 0 Å². The third-order valence-electron chi connectivity index (χ3n) is 2.53. The number of nitrogens with zero attached hydrogens (tertiary/aromatic N) is 1. The van der Waals surface area contributed by atoms with E-state index in [-0.39, 0.29) is 5.41 Å². The molecule has 80 valence electrons. The second-order valence-electron chi connectivity index (χ2n) is 4.94. The monoisotopic (exact) mass is 203 g/mol. The van der Waals surface area contributed by atoms with Gasteiger partial charge in [0.25, 0.3) is 0 Å². The first-order valence-corrected chi connectivity index (χ1v) is 5.37. The highest BCUT2D eigenvalue weighted by Gasteiger charge is 2.17. The minimum Gasteiger partial charge on any atom is -0.440 e. The highest BCUT2D eigenvalue weighted by atomic mass is 16.4. The lowest BCUT2D eigenvalue weighted by Crippen LogP contribution is -2.00. The van der Waals surface area contributed by atoms with Gasteiger partial charge >= 0.3 is 0 Å². The van der Waals surface area contributed by atoms with E-state index in [0.29, 0.717) is 5.92 Å². The van der Waals surface area contributed by atoms with Crippen molar-refractivity contribution in [3.63, 3.8) is 0 Å². The number of hydrogen-bond donors (Lipinski definition) is 0. The summed E-state index contributed by atoms with van der Waals surface area (Å²) < 4.78 is 5.69. The fourth-order valence-electron chi connectivity index (χ4n) is 1.49. The summed E-state index contributed by atoms with van der Waals surface area (Å²) in [5, 5.41) is 0. The molecule has 0 saturated heterocycles. The van der Waals surface area contributed by atoms with Crippen LogP contribution in [0.25, 0.3) is 12.2 Å². The maximum absolute atomic E-state index is 5.69. The van der Waals surface area contributed by atoms with Gasteiger partial charge in [-0.25, -0.2) is 4.98 Å². The molecule has 2 heteroatoms. The topological polar surface area (TPSA) is 26.0 Å². The Morgan fingerprint density at radius 3 is 2.53 bits per heavy atom. The van der Waals surface area contributed by atoms with Crippen LogP contribution in [0.1, 0.15) is 51.0 Å². The highest BCUT2D eigenvalue weighted by molar-refractivity contribution is 5.62. The van der Waals surface area contributed by atoms with Gasteiger partial charge in [0, 0.05) is 11.3 Å². The molecule has 2 nitrogen and oxygen atoms in total. The summed E-state index contributed by atoms with van der Waals surface area (Å²) in [5.74, 6) is 2.03. The van der Waals surface area contributed by atoms with E-state index in [1.165, 1.54) is 0 Å². The number of rotatable bonds is 1. The normalized spacial score (nSPS) is 17.9. The number of aromatic nitrogens is 1. The van der Waals surface area contributed by atoms with Crippen molar-refractivity contribution in [1.82, 2.24) is 4.98 Å². The summed E-state index contributed by atoms with van der Waals surface area (Å²) in [4.78, 5) is 4.47. The number of oxazole rings is 1. The van der Waals surface area contributed by atoms with Crippen LogP contribution in [0.15, 0.2) is 16.6 Å². The zero-order valence-electron chi connectivity index (χ0n) is 9.74. The van der Waals surface area contributed by atoms with Gasteiger partial charge in [0.1, 0.15) is 5.69 Å². The van der Waals surface area contributed by atoms with Crippen molar-refractivity contribution in [2.75, 3.05) is 0 Å². The molecule has 15 heavy (non-hydrogen) atoms. The Balaban J connectivity index is 2.42. The number of allylic oxidation sites excluding steroid dienone is 2. The molecule has 0 radical (unpaired) electrons. The molecule has 0 bridgehead atoms. The second-order valence-corrected chi connectivity index (χ2v) is 4.94. The van der Waals surface area contributed by atoms with Crippen LogP contribution >= 0.6 is 0 Å². The van der Waals surface area contributed by atoms with Crippen LogP contribution in [0, 0.1) is 5.41 Å². The lowest BCUT2D eigenvalue weighted by Gasteiger charge is -2.11. The summed E-state index contributed by atoms with van der Waals surface area (Å²) in [7, 11) is 0. The van der Waals surface area contributed by atoms with Crippen molar-refractivity contribution in [2.45, 2.75) is 33.6 Å². The molecule has 2 rings (SSSR count). The van der Waals surface area contributed by atoms with Crippen molar-refractivity contribution >= 4 is 12.2 Å². The van der Waals surface area contributed by atoms with Crippen molar-refractivity contribution < 1.29 is 4.42 Å². The maximum atomic E-state index is 5.69. The van der Waals surface area contributed by atoms with E-state index in [9.17, 15) is 0 Å². The third kappa shape index (κ3) is 2.04. The van der Waals surface area contributed by atoms with E-state index in [1.807, 2.05) is 12.2 Å². The minimum atomic E-state index is 0.0845. The molecule has 1 aromatic rings.